The van der Waals surface area contributed by atoms with Crippen LogP contribution in [0, 0.1) is 15.9 Å². The van der Waals surface area contributed by atoms with Crippen LogP contribution in [0.25, 0.3) is 17.1 Å². The van der Waals surface area contributed by atoms with Gasteiger partial charge in [-0.05, 0) is 58.2 Å². The molecular formula is C39H39FN6O4Si. The topological polar surface area (TPSA) is 117 Å². The van der Waals surface area contributed by atoms with E-state index in [-0.39, 0.29) is 16.5 Å². The number of nitro benzene ring substituents is 1. The molecule has 4 aromatic carbocycles. The number of rotatable bonds is 13. The van der Waals surface area contributed by atoms with E-state index in [1.807, 2.05) is 22.8 Å². The van der Waals surface area contributed by atoms with Crippen LogP contribution in [-0.2, 0) is 10.8 Å². The number of benzene rings is 4. The lowest BCUT2D eigenvalue weighted by atomic mass is 10.2. The zero-order valence-corrected chi connectivity index (χ0v) is 29.9. The zero-order valence-electron chi connectivity index (χ0n) is 28.9. The van der Waals surface area contributed by atoms with Crippen molar-refractivity contribution in [3.63, 3.8) is 0 Å². The van der Waals surface area contributed by atoms with Crippen LogP contribution in [-0.4, -0.2) is 46.7 Å². The van der Waals surface area contributed by atoms with Crippen molar-refractivity contribution in [2.75, 3.05) is 19.0 Å². The molecule has 51 heavy (non-hydrogen) atoms. The van der Waals surface area contributed by atoms with Crippen LogP contribution < -0.4 is 20.4 Å². The SMILES string of the molecule is COc1ccc([N+](=O)[O-])cc1Nc1cc(-n2c(CCCO[Si](c3ccccc3)(c3ccccc3)C(C)(C)C)nnc2-c2ccc(F)cc2)ccn1. The molecule has 0 aliphatic carbocycles. The Labute approximate surface area is 297 Å². The smallest absolute Gasteiger partial charge is 0.271 e. The van der Waals surface area contributed by atoms with Gasteiger partial charge in [-0.15, -0.1) is 10.2 Å². The molecule has 0 bridgehead atoms. The normalized spacial score (nSPS) is 11.7. The van der Waals surface area contributed by atoms with E-state index < -0.39 is 13.2 Å². The fourth-order valence-corrected chi connectivity index (χ4v) is 11.0. The standard InChI is InChI=1S/C39H39FN6O4Si/c1-39(2,3)51(32-12-7-5-8-13-32,33-14-9-6-10-15-33)50-25-11-16-37-43-44-38(28-17-19-29(40)20-18-28)45(37)30-23-24-41-36(27-30)42-34-26-31(46(47)48)21-22-35(34)49-4/h5-10,12-15,17-24,26-27H,11,16,25H2,1-4H3,(H,41,42). The summed E-state index contributed by atoms with van der Waals surface area (Å²) in [5.74, 6) is 1.71. The van der Waals surface area contributed by atoms with E-state index in [0.29, 0.717) is 59.6 Å². The van der Waals surface area contributed by atoms with Crippen LogP contribution in [0.5, 0.6) is 5.75 Å². The molecule has 1 N–H and O–H groups in total. The number of methoxy groups -OCH3 is 1. The van der Waals surface area contributed by atoms with Crippen LogP contribution in [0.1, 0.15) is 33.0 Å². The lowest BCUT2D eigenvalue weighted by molar-refractivity contribution is -0.384. The van der Waals surface area contributed by atoms with Crippen LogP contribution >= 0.6 is 0 Å². The molecule has 0 atom stereocenters. The number of nitro groups is 1. The summed E-state index contributed by atoms with van der Waals surface area (Å²) in [5.41, 5.74) is 1.68. The molecule has 10 nitrogen and oxygen atoms in total. The first kappa shape index (κ1) is 35.1. The summed E-state index contributed by atoms with van der Waals surface area (Å²) in [7, 11) is -1.24. The summed E-state index contributed by atoms with van der Waals surface area (Å²) in [5, 5.41) is 26.1. The van der Waals surface area contributed by atoms with Crippen molar-refractivity contribution in [2.45, 2.75) is 38.7 Å². The Kier molecular flexibility index (Phi) is 10.3. The fraction of sp³-hybridized carbons (Fsp3) is 0.205. The Bertz CT molecular complexity index is 2070. The number of halogens is 1. The van der Waals surface area contributed by atoms with Gasteiger partial charge in [0.25, 0.3) is 14.0 Å². The van der Waals surface area contributed by atoms with Gasteiger partial charge < -0.3 is 14.5 Å². The molecule has 0 saturated carbocycles. The van der Waals surface area contributed by atoms with E-state index in [0.717, 1.165) is 0 Å². The molecule has 0 radical (unpaired) electrons. The number of nitrogens with one attached hydrogen (secondary N) is 1. The first-order chi connectivity index (χ1) is 24.6. The molecule has 6 rings (SSSR count). The second-order valence-electron chi connectivity index (χ2n) is 13.1. The Morgan fingerprint density at radius 1 is 0.882 bits per heavy atom. The third-order valence-corrected chi connectivity index (χ3v) is 13.8. The highest BCUT2D eigenvalue weighted by atomic mass is 28.4. The van der Waals surface area contributed by atoms with Gasteiger partial charge in [-0.3, -0.25) is 14.7 Å². The first-order valence-electron chi connectivity index (χ1n) is 16.6. The highest BCUT2D eigenvalue weighted by molar-refractivity contribution is 6.99. The van der Waals surface area contributed by atoms with Crippen molar-refractivity contribution in [1.82, 2.24) is 19.7 Å². The minimum Gasteiger partial charge on any atom is -0.495 e. The van der Waals surface area contributed by atoms with Crippen LogP contribution in [0.3, 0.4) is 0 Å². The second-order valence-corrected chi connectivity index (χ2v) is 17.4. The molecular weight excluding hydrogens is 664 g/mol. The highest BCUT2D eigenvalue weighted by Gasteiger charge is 2.50. The number of aryl methyl sites for hydroxylation is 1. The molecule has 2 heterocycles. The molecule has 0 aliphatic rings. The van der Waals surface area contributed by atoms with Crippen molar-refractivity contribution in [3.05, 3.63) is 143 Å². The third-order valence-electron chi connectivity index (χ3n) is 8.77. The zero-order chi connectivity index (χ0) is 36.0. The van der Waals surface area contributed by atoms with E-state index in [4.69, 9.17) is 9.16 Å². The van der Waals surface area contributed by atoms with Crippen molar-refractivity contribution >= 4 is 35.9 Å². The van der Waals surface area contributed by atoms with Crippen molar-refractivity contribution in [3.8, 4) is 22.8 Å². The van der Waals surface area contributed by atoms with E-state index in [9.17, 15) is 14.5 Å². The van der Waals surface area contributed by atoms with Gasteiger partial charge >= 0.3 is 0 Å². The Hall–Kier alpha value is -5.72. The predicted molar refractivity (Wildman–Crippen MR) is 199 cm³/mol. The average Bonchev–Trinajstić information content (AvgIpc) is 3.56. The lowest BCUT2D eigenvalue weighted by Crippen LogP contribution is -2.66. The largest absolute Gasteiger partial charge is 0.495 e. The summed E-state index contributed by atoms with van der Waals surface area (Å²) < 4.78 is 28.4. The Morgan fingerprint density at radius 2 is 1.55 bits per heavy atom. The summed E-state index contributed by atoms with van der Waals surface area (Å²) in [4.78, 5) is 15.5. The third kappa shape index (κ3) is 7.42. The lowest BCUT2D eigenvalue weighted by Gasteiger charge is -2.43. The van der Waals surface area contributed by atoms with E-state index in [2.05, 4.69) is 89.8 Å². The second kappa shape index (κ2) is 15.0. The fourth-order valence-electron chi connectivity index (χ4n) is 6.42. The number of aromatic nitrogens is 4. The van der Waals surface area contributed by atoms with Gasteiger partial charge in [0.2, 0.25) is 0 Å². The maximum atomic E-state index is 13.9. The summed E-state index contributed by atoms with van der Waals surface area (Å²) in [6.07, 6.45) is 2.83. The van der Waals surface area contributed by atoms with Crippen molar-refractivity contribution in [1.29, 1.82) is 0 Å². The predicted octanol–water partition coefficient (Wildman–Crippen LogP) is 7.64. The van der Waals surface area contributed by atoms with Gasteiger partial charge in [0.05, 0.1) is 23.4 Å². The molecule has 0 spiro atoms. The molecule has 0 fully saturated rings. The van der Waals surface area contributed by atoms with Crippen LogP contribution in [0.2, 0.25) is 5.04 Å². The summed E-state index contributed by atoms with van der Waals surface area (Å²) >= 11 is 0. The number of hydrogen-bond acceptors (Lipinski definition) is 8. The quantitative estimate of drug-likeness (QED) is 0.0565. The summed E-state index contributed by atoms with van der Waals surface area (Å²) in [6, 6.07) is 35.1. The maximum absolute atomic E-state index is 13.9. The van der Waals surface area contributed by atoms with Gasteiger partial charge in [0.1, 0.15) is 23.2 Å². The molecule has 12 heteroatoms. The van der Waals surface area contributed by atoms with Gasteiger partial charge in [0, 0.05) is 43.0 Å². The van der Waals surface area contributed by atoms with E-state index in [1.54, 1.807) is 24.4 Å². The molecule has 260 valence electrons. The van der Waals surface area contributed by atoms with Gasteiger partial charge in [-0.1, -0.05) is 81.4 Å². The van der Waals surface area contributed by atoms with Gasteiger partial charge in [0.15, 0.2) is 5.82 Å². The molecule has 0 unspecified atom stereocenters. The summed E-state index contributed by atoms with van der Waals surface area (Å²) in [6.45, 7) is 7.25. The number of nitrogens with zero attached hydrogens (tertiary/aromatic N) is 5. The minimum atomic E-state index is -2.73. The van der Waals surface area contributed by atoms with Crippen molar-refractivity contribution < 1.29 is 18.5 Å². The number of ether oxygens (including phenoxy) is 1. The highest BCUT2D eigenvalue weighted by Crippen LogP contribution is 2.37. The van der Waals surface area contributed by atoms with E-state index >= 15 is 0 Å². The monoisotopic (exact) mass is 702 g/mol. The van der Waals surface area contributed by atoms with Gasteiger partial charge in [-0.25, -0.2) is 9.37 Å². The number of pyridine rings is 1. The molecule has 0 saturated heterocycles. The van der Waals surface area contributed by atoms with Crippen molar-refractivity contribution in [2.24, 2.45) is 0 Å². The van der Waals surface area contributed by atoms with Crippen LogP contribution in [0.15, 0.2) is 121 Å². The van der Waals surface area contributed by atoms with E-state index in [1.165, 1.54) is 47.8 Å². The Balaban J connectivity index is 1.32. The Morgan fingerprint density at radius 3 is 2.16 bits per heavy atom. The molecule has 0 aliphatic heterocycles. The number of anilines is 2. The first-order valence-corrected chi connectivity index (χ1v) is 18.5. The van der Waals surface area contributed by atoms with Gasteiger partial charge in [-0.2, -0.15) is 0 Å². The van der Waals surface area contributed by atoms with Crippen LogP contribution in [0.4, 0.5) is 21.6 Å². The number of non-ortho nitro benzene ring substituents is 1. The molecule has 2 aromatic heterocycles. The minimum absolute atomic E-state index is 0.0885. The maximum Gasteiger partial charge on any atom is 0.271 e. The molecule has 6 aromatic rings. The average molecular weight is 703 g/mol. The number of hydrogen-bond donors (Lipinski definition) is 1. The molecule has 0 amide bonds.